The van der Waals surface area contributed by atoms with E-state index in [-0.39, 0.29) is 0 Å². The standard InChI is InChI=1S/C17H17N7/c18-17-21-6-12(7-22-17)10-24-5-3-15-14(11-24)9-20-16(23-15)13-2-1-4-19-8-13/h1-2,4,6-9H,3,5,10-11H2,(H2,18,21,22). The van der Waals surface area contributed by atoms with Gasteiger partial charge in [0, 0.05) is 73.7 Å². The maximum atomic E-state index is 5.53. The average Bonchev–Trinajstić information content (AvgIpc) is 2.64. The molecule has 0 spiro atoms. The van der Waals surface area contributed by atoms with Crippen LogP contribution in [-0.4, -0.2) is 36.4 Å². The van der Waals surface area contributed by atoms with Gasteiger partial charge in [0.05, 0.1) is 5.69 Å². The van der Waals surface area contributed by atoms with Crippen molar-refractivity contribution in [1.82, 2.24) is 29.8 Å². The average molecular weight is 319 g/mol. The summed E-state index contributed by atoms with van der Waals surface area (Å²) in [7, 11) is 0. The minimum atomic E-state index is 0.305. The van der Waals surface area contributed by atoms with Gasteiger partial charge in [0.25, 0.3) is 0 Å². The van der Waals surface area contributed by atoms with Gasteiger partial charge in [0.1, 0.15) is 0 Å². The molecule has 4 rings (SSSR count). The van der Waals surface area contributed by atoms with Crippen molar-refractivity contribution in [2.24, 2.45) is 0 Å². The molecule has 7 heteroatoms. The summed E-state index contributed by atoms with van der Waals surface area (Å²) in [4.78, 5) is 23.8. The molecular weight excluding hydrogens is 302 g/mol. The monoisotopic (exact) mass is 319 g/mol. The first-order valence-electron chi connectivity index (χ1n) is 7.82. The number of nitrogen functional groups attached to an aromatic ring is 1. The van der Waals surface area contributed by atoms with Gasteiger partial charge < -0.3 is 5.73 Å². The number of rotatable bonds is 3. The van der Waals surface area contributed by atoms with E-state index in [2.05, 4.69) is 24.8 Å². The highest BCUT2D eigenvalue weighted by Gasteiger charge is 2.19. The first kappa shape index (κ1) is 14.6. The normalized spacial score (nSPS) is 14.3. The van der Waals surface area contributed by atoms with E-state index in [9.17, 15) is 0 Å². The summed E-state index contributed by atoms with van der Waals surface area (Å²) in [6.45, 7) is 2.57. The highest BCUT2D eigenvalue weighted by molar-refractivity contribution is 5.53. The molecule has 0 radical (unpaired) electrons. The van der Waals surface area contributed by atoms with Crippen LogP contribution < -0.4 is 5.73 Å². The predicted molar refractivity (Wildman–Crippen MR) is 89.5 cm³/mol. The summed E-state index contributed by atoms with van der Waals surface area (Å²) < 4.78 is 0. The molecule has 3 aromatic heterocycles. The summed E-state index contributed by atoms with van der Waals surface area (Å²) in [5.41, 5.74) is 9.82. The van der Waals surface area contributed by atoms with Crippen LogP contribution in [0.3, 0.4) is 0 Å². The molecule has 1 aliphatic rings. The molecule has 3 aromatic rings. The second-order valence-electron chi connectivity index (χ2n) is 5.82. The van der Waals surface area contributed by atoms with Crippen LogP contribution in [-0.2, 0) is 19.5 Å². The van der Waals surface area contributed by atoms with Gasteiger partial charge in [0.2, 0.25) is 5.95 Å². The van der Waals surface area contributed by atoms with Gasteiger partial charge in [0.15, 0.2) is 5.82 Å². The highest BCUT2D eigenvalue weighted by atomic mass is 15.1. The number of aromatic nitrogens is 5. The van der Waals surface area contributed by atoms with Crippen LogP contribution in [0.2, 0.25) is 0 Å². The van der Waals surface area contributed by atoms with E-state index >= 15 is 0 Å². The zero-order valence-electron chi connectivity index (χ0n) is 13.1. The minimum Gasteiger partial charge on any atom is -0.368 e. The van der Waals surface area contributed by atoms with Crippen LogP contribution in [0, 0.1) is 0 Å². The minimum absolute atomic E-state index is 0.305. The quantitative estimate of drug-likeness (QED) is 0.781. The number of nitrogens with zero attached hydrogens (tertiary/aromatic N) is 6. The van der Waals surface area contributed by atoms with Gasteiger partial charge in [-0.25, -0.2) is 19.9 Å². The molecule has 0 amide bonds. The largest absolute Gasteiger partial charge is 0.368 e. The smallest absolute Gasteiger partial charge is 0.219 e. The van der Waals surface area contributed by atoms with Crippen LogP contribution in [0.1, 0.15) is 16.8 Å². The van der Waals surface area contributed by atoms with Gasteiger partial charge in [-0.2, -0.15) is 0 Å². The van der Waals surface area contributed by atoms with Crippen molar-refractivity contribution in [3.05, 3.63) is 59.9 Å². The third kappa shape index (κ3) is 3.07. The zero-order chi connectivity index (χ0) is 16.4. The molecule has 120 valence electrons. The molecule has 0 unspecified atom stereocenters. The van der Waals surface area contributed by atoms with Crippen molar-refractivity contribution in [2.75, 3.05) is 12.3 Å². The Balaban J connectivity index is 1.50. The Morgan fingerprint density at radius 1 is 1.08 bits per heavy atom. The van der Waals surface area contributed by atoms with Crippen LogP contribution in [0.4, 0.5) is 5.95 Å². The molecular formula is C17H17N7. The Morgan fingerprint density at radius 2 is 1.96 bits per heavy atom. The van der Waals surface area contributed by atoms with Gasteiger partial charge >= 0.3 is 0 Å². The SMILES string of the molecule is Nc1ncc(CN2CCc3nc(-c4cccnc4)ncc3C2)cn1. The van der Waals surface area contributed by atoms with E-state index in [1.807, 2.05) is 18.3 Å². The fourth-order valence-electron chi connectivity index (χ4n) is 2.85. The summed E-state index contributed by atoms with van der Waals surface area (Å²) in [5, 5.41) is 0. The van der Waals surface area contributed by atoms with Crippen molar-refractivity contribution < 1.29 is 0 Å². The Bertz CT molecular complexity index is 833. The maximum absolute atomic E-state index is 5.53. The molecule has 4 heterocycles. The molecule has 0 aliphatic carbocycles. The van der Waals surface area contributed by atoms with Crippen molar-refractivity contribution in [3.8, 4) is 11.4 Å². The van der Waals surface area contributed by atoms with Crippen molar-refractivity contribution >= 4 is 5.95 Å². The lowest BCUT2D eigenvalue weighted by Gasteiger charge is -2.27. The molecule has 0 aromatic carbocycles. The zero-order valence-corrected chi connectivity index (χ0v) is 13.1. The number of anilines is 1. The summed E-state index contributed by atoms with van der Waals surface area (Å²) in [6, 6.07) is 3.87. The molecule has 7 nitrogen and oxygen atoms in total. The lowest BCUT2D eigenvalue weighted by Crippen LogP contribution is -2.31. The van der Waals surface area contributed by atoms with E-state index in [4.69, 9.17) is 10.7 Å². The van der Waals surface area contributed by atoms with Crippen molar-refractivity contribution in [1.29, 1.82) is 0 Å². The number of nitrogens with two attached hydrogens (primary N) is 1. The van der Waals surface area contributed by atoms with E-state index < -0.39 is 0 Å². The van der Waals surface area contributed by atoms with Crippen LogP contribution in [0.5, 0.6) is 0 Å². The van der Waals surface area contributed by atoms with Crippen LogP contribution in [0.25, 0.3) is 11.4 Å². The lowest BCUT2D eigenvalue weighted by molar-refractivity contribution is 0.242. The van der Waals surface area contributed by atoms with Crippen LogP contribution in [0.15, 0.2) is 43.1 Å². The van der Waals surface area contributed by atoms with Crippen LogP contribution >= 0.6 is 0 Å². The fourth-order valence-corrected chi connectivity index (χ4v) is 2.85. The summed E-state index contributed by atoms with van der Waals surface area (Å²) >= 11 is 0. The number of pyridine rings is 1. The number of fused-ring (bicyclic) bond motifs is 1. The Morgan fingerprint density at radius 3 is 2.75 bits per heavy atom. The Kier molecular flexibility index (Phi) is 3.84. The van der Waals surface area contributed by atoms with Crippen molar-refractivity contribution in [3.63, 3.8) is 0 Å². The maximum Gasteiger partial charge on any atom is 0.219 e. The second kappa shape index (κ2) is 6.29. The van der Waals surface area contributed by atoms with E-state index in [1.165, 1.54) is 5.56 Å². The third-order valence-electron chi connectivity index (χ3n) is 4.06. The van der Waals surface area contributed by atoms with E-state index in [0.29, 0.717) is 5.95 Å². The molecule has 0 saturated heterocycles. The molecule has 2 N–H and O–H groups in total. The topological polar surface area (TPSA) is 93.7 Å². The predicted octanol–water partition coefficient (Wildman–Crippen LogP) is 1.47. The molecule has 1 aliphatic heterocycles. The molecule has 0 saturated carbocycles. The fraction of sp³-hybridized carbons (Fsp3) is 0.235. The molecule has 0 fully saturated rings. The third-order valence-corrected chi connectivity index (χ3v) is 4.06. The van der Waals surface area contributed by atoms with Gasteiger partial charge in [-0.3, -0.25) is 9.88 Å². The second-order valence-corrected chi connectivity index (χ2v) is 5.82. The van der Waals surface area contributed by atoms with Gasteiger partial charge in [-0.05, 0) is 12.1 Å². The summed E-state index contributed by atoms with van der Waals surface area (Å²) in [5.74, 6) is 1.04. The van der Waals surface area contributed by atoms with Gasteiger partial charge in [-0.1, -0.05) is 0 Å². The number of hydrogen-bond acceptors (Lipinski definition) is 7. The highest BCUT2D eigenvalue weighted by Crippen LogP contribution is 2.21. The Labute approximate surface area is 139 Å². The molecule has 0 bridgehead atoms. The lowest BCUT2D eigenvalue weighted by atomic mass is 10.1. The Hall–Kier alpha value is -2.93. The molecule has 24 heavy (non-hydrogen) atoms. The first-order chi connectivity index (χ1) is 11.8. The van der Waals surface area contributed by atoms with E-state index in [0.717, 1.165) is 48.7 Å². The van der Waals surface area contributed by atoms with Crippen molar-refractivity contribution in [2.45, 2.75) is 19.5 Å². The first-order valence-corrected chi connectivity index (χ1v) is 7.82. The summed E-state index contributed by atoms with van der Waals surface area (Å²) in [6.07, 6.45) is 9.93. The number of hydrogen-bond donors (Lipinski definition) is 1. The van der Waals surface area contributed by atoms with Gasteiger partial charge in [-0.15, -0.1) is 0 Å². The molecule has 0 atom stereocenters. The van der Waals surface area contributed by atoms with E-state index in [1.54, 1.807) is 24.8 Å².